The lowest BCUT2D eigenvalue weighted by Gasteiger charge is -2.20. The predicted molar refractivity (Wildman–Crippen MR) is 82.6 cm³/mol. The van der Waals surface area contributed by atoms with Crippen molar-refractivity contribution in [3.05, 3.63) is 36.4 Å². The monoisotopic (exact) mass is 306 g/mol. The van der Waals surface area contributed by atoms with Crippen molar-refractivity contribution >= 4 is 26.5 Å². The SMILES string of the molecule is Nc1ccc(S(=O)(=O)N2CCCOCC2)c2ccccc12. The Kier molecular flexibility index (Phi) is 3.84. The maximum atomic E-state index is 12.9. The molecule has 112 valence electrons. The maximum absolute atomic E-state index is 12.9. The Morgan fingerprint density at radius 3 is 2.57 bits per heavy atom. The zero-order valence-corrected chi connectivity index (χ0v) is 12.5. The first-order valence-electron chi connectivity index (χ1n) is 6.96. The minimum atomic E-state index is -3.53. The van der Waals surface area contributed by atoms with Gasteiger partial charge in [-0.15, -0.1) is 0 Å². The van der Waals surface area contributed by atoms with Gasteiger partial charge in [0.1, 0.15) is 0 Å². The molecule has 2 aromatic carbocycles. The number of nitrogens with zero attached hydrogens (tertiary/aromatic N) is 1. The summed E-state index contributed by atoms with van der Waals surface area (Å²) in [5, 5.41) is 1.44. The lowest BCUT2D eigenvalue weighted by molar-refractivity contribution is 0.148. The van der Waals surface area contributed by atoms with Crippen LogP contribution in [-0.4, -0.2) is 39.0 Å². The van der Waals surface area contributed by atoms with Crippen LogP contribution < -0.4 is 5.73 Å². The molecule has 1 heterocycles. The van der Waals surface area contributed by atoms with E-state index in [2.05, 4.69) is 0 Å². The van der Waals surface area contributed by atoms with Gasteiger partial charge in [-0.25, -0.2) is 8.42 Å². The van der Waals surface area contributed by atoms with Crippen LogP contribution in [-0.2, 0) is 14.8 Å². The second-order valence-corrected chi connectivity index (χ2v) is 6.97. The van der Waals surface area contributed by atoms with E-state index in [-0.39, 0.29) is 0 Å². The van der Waals surface area contributed by atoms with Crippen LogP contribution >= 0.6 is 0 Å². The van der Waals surface area contributed by atoms with Crippen molar-refractivity contribution < 1.29 is 13.2 Å². The van der Waals surface area contributed by atoms with E-state index in [0.717, 1.165) is 5.39 Å². The Morgan fingerprint density at radius 2 is 1.76 bits per heavy atom. The van der Waals surface area contributed by atoms with Crippen molar-refractivity contribution in [2.75, 3.05) is 32.0 Å². The third-order valence-electron chi connectivity index (χ3n) is 3.72. The van der Waals surface area contributed by atoms with Crippen LogP contribution in [0.25, 0.3) is 10.8 Å². The third-order valence-corrected chi connectivity index (χ3v) is 5.67. The van der Waals surface area contributed by atoms with Crippen molar-refractivity contribution in [1.82, 2.24) is 4.31 Å². The van der Waals surface area contributed by atoms with Crippen molar-refractivity contribution in [2.24, 2.45) is 0 Å². The molecule has 1 aliphatic rings. The van der Waals surface area contributed by atoms with Crippen molar-refractivity contribution in [2.45, 2.75) is 11.3 Å². The summed E-state index contributed by atoms with van der Waals surface area (Å²) in [4.78, 5) is 0.314. The molecule has 1 fully saturated rings. The van der Waals surface area contributed by atoms with E-state index in [1.54, 1.807) is 18.2 Å². The van der Waals surface area contributed by atoms with Crippen LogP contribution in [0.15, 0.2) is 41.3 Å². The van der Waals surface area contributed by atoms with Crippen LogP contribution in [0, 0.1) is 0 Å². The molecule has 21 heavy (non-hydrogen) atoms. The molecule has 3 rings (SSSR count). The minimum Gasteiger partial charge on any atom is -0.398 e. The standard InChI is InChI=1S/C15H18N2O3S/c16-14-6-7-15(13-5-2-1-4-12(13)14)21(18,19)17-8-3-10-20-11-9-17/h1-2,4-7H,3,8-11,16H2. The minimum absolute atomic E-state index is 0.314. The van der Waals surface area contributed by atoms with Crippen molar-refractivity contribution in [1.29, 1.82) is 0 Å². The van der Waals surface area contributed by atoms with Crippen LogP contribution in [0.4, 0.5) is 5.69 Å². The molecule has 0 atom stereocenters. The molecule has 0 bridgehead atoms. The van der Waals surface area contributed by atoms with Gasteiger partial charge in [0, 0.05) is 36.2 Å². The van der Waals surface area contributed by atoms with E-state index in [1.165, 1.54) is 4.31 Å². The molecule has 0 radical (unpaired) electrons. The number of sulfonamides is 1. The molecule has 1 saturated heterocycles. The first kappa shape index (κ1) is 14.3. The number of hydrogen-bond donors (Lipinski definition) is 1. The normalized spacial score (nSPS) is 17.7. The highest BCUT2D eigenvalue weighted by Crippen LogP contribution is 2.29. The second kappa shape index (κ2) is 5.63. The lowest BCUT2D eigenvalue weighted by atomic mass is 10.1. The maximum Gasteiger partial charge on any atom is 0.243 e. The van der Waals surface area contributed by atoms with Crippen LogP contribution in [0.1, 0.15) is 6.42 Å². The van der Waals surface area contributed by atoms with Gasteiger partial charge >= 0.3 is 0 Å². The van der Waals surface area contributed by atoms with Gasteiger partial charge in [-0.3, -0.25) is 0 Å². The average Bonchev–Trinajstić information content (AvgIpc) is 2.77. The average molecular weight is 306 g/mol. The quantitative estimate of drug-likeness (QED) is 0.859. The second-order valence-electron chi connectivity index (χ2n) is 5.07. The molecule has 0 aromatic heterocycles. The van der Waals surface area contributed by atoms with E-state index >= 15 is 0 Å². The number of ether oxygens (including phenoxy) is 1. The summed E-state index contributed by atoms with van der Waals surface area (Å²) in [6.45, 7) is 1.92. The zero-order valence-electron chi connectivity index (χ0n) is 11.7. The number of hydrogen-bond acceptors (Lipinski definition) is 4. The highest BCUT2D eigenvalue weighted by molar-refractivity contribution is 7.89. The smallest absolute Gasteiger partial charge is 0.243 e. The summed E-state index contributed by atoms with van der Waals surface area (Å²) in [6.07, 6.45) is 0.714. The van der Waals surface area contributed by atoms with Gasteiger partial charge in [0.25, 0.3) is 0 Å². The van der Waals surface area contributed by atoms with E-state index in [0.29, 0.717) is 48.7 Å². The molecule has 0 aliphatic carbocycles. The first-order valence-corrected chi connectivity index (χ1v) is 8.40. The Bertz CT molecular complexity index is 751. The molecule has 6 heteroatoms. The number of nitrogens with two attached hydrogens (primary N) is 1. The van der Waals surface area contributed by atoms with Gasteiger partial charge in [0.15, 0.2) is 0 Å². The van der Waals surface area contributed by atoms with Gasteiger partial charge in [0.05, 0.1) is 11.5 Å². The summed E-state index contributed by atoms with van der Waals surface area (Å²) in [5.41, 5.74) is 6.53. The Balaban J connectivity index is 2.12. The first-order chi connectivity index (χ1) is 10.1. The summed E-state index contributed by atoms with van der Waals surface area (Å²) in [7, 11) is -3.53. The molecule has 2 aromatic rings. The fourth-order valence-corrected chi connectivity index (χ4v) is 4.28. The molecule has 0 unspecified atom stereocenters. The molecule has 0 saturated carbocycles. The van der Waals surface area contributed by atoms with Gasteiger partial charge in [-0.1, -0.05) is 24.3 Å². The summed E-state index contributed by atoms with van der Waals surface area (Å²) in [6, 6.07) is 10.6. The Labute approximate surface area is 124 Å². The van der Waals surface area contributed by atoms with E-state index in [4.69, 9.17) is 10.5 Å². The van der Waals surface area contributed by atoms with Crippen molar-refractivity contribution in [3.63, 3.8) is 0 Å². The number of fused-ring (bicyclic) bond motifs is 1. The van der Waals surface area contributed by atoms with E-state index in [9.17, 15) is 8.42 Å². The predicted octanol–water partition coefficient (Wildman–Crippen LogP) is 1.83. The van der Waals surface area contributed by atoms with Crippen LogP contribution in [0.3, 0.4) is 0 Å². The van der Waals surface area contributed by atoms with E-state index < -0.39 is 10.0 Å². The molecular formula is C15H18N2O3S. The molecule has 2 N–H and O–H groups in total. The van der Waals surface area contributed by atoms with Crippen LogP contribution in [0.2, 0.25) is 0 Å². The fourth-order valence-electron chi connectivity index (χ4n) is 2.62. The number of anilines is 1. The Hall–Kier alpha value is -1.63. The van der Waals surface area contributed by atoms with Crippen molar-refractivity contribution in [3.8, 4) is 0 Å². The number of benzene rings is 2. The molecular weight excluding hydrogens is 288 g/mol. The highest BCUT2D eigenvalue weighted by Gasteiger charge is 2.27. The molecule has 1 aliphatic heterocycles. The molecule has 0 amide bonds. The molecule has 0 spiro atoms. The summed E-state index contributed by atoms with van der Waals surface area (Å²) >= 11 is 0. The largest absolute Gasteiger partial charge is 0.398 e. The van der Waals surface area contributed by atoms with Crippen LogP contribution in [0.5, 0.6) is 0 Å². The van der Waals surface area contributed by atoms with Gasteiger partial charge in [-0.2, -0.15) is 4.31 Å². The van der Waals surface area contributed by atoms with E-state index in [1.807, 2.05) is 18.2 Å². The summed E-state index contributed by atoms with van der Waals surface area (Å²) in [5.74, 6) is 0. The van der Waals surface area contributed by atoms with Gasteiger partial charge in [0.2, 0.25) is 10.0 Å². The Morgan fingerprint density at radius 1 is 1.00 bits per heavy atom. The topological polar surface area (TPSA) is 72.6 Å². The third kappa shape index (κ3) is 2.62. The number of rotatable bonds is 2. The fraction of sp³-hybridized carbons (Fsp3) is 0.333. The molecule has 5 nitrogen and oxygen atoms in total. The lowest BCUT2D eigenvalue weighted by Crippen LogP contribution is -2.33. The highest BCUT2D eigenvalue weighted by atomic mass is 32.2. The number of nitrogen functional groups attached to an aromatic ring is 1. The van der Waals surface area contributed by atoms with Gasteiger partial charge in [-0.05, 0) is 18.6 Å². The summed E-state index contributed by atoms with van der Waals surface area (Å²) < 4.78 is 32.6. The van der Waals surface area contributed by atoms with Gasteiger partial charge < -0.3 is 10.5 Å². The zero-order chi connectivity index (χ0) is 14.9.